The molecule has 2 heterocycles. The number of rotatable bonds is 5. The third-order valence-electron chi connectivity index (χ3n) is 9.76. The second-order valence-corrected chi connectivity index (χ2v) is 12.8. The largest absolute Gasteiger partial charge is 0.455 e. The van der Waals surface area contributed by atoms with Gasteiger partial charge in [-0.25, -0.2) is 15.0 Å². The van der Waals surface area contributed by atoms with Crippen molar-refractivity contribution in [2.75, 3.05) is 0 Å². The zero-order valence-electron chi connectivity index (χ0n) is 27.5. The van der Waals surface area contributed by atoms with E-state index in [1.165, 1.54) is 21.5 Å². The number of para-hydroxylation sites is 2. The Labute approximate surface area is 294 Å². The van der Waals surface area contributed by atoms with Gasteiger partial charge in [0.2, 0.25) is 0 Å². The van der Waals surface area contributed by atoms with E-state index in [-0.39, 0.29) is 0 Å². The van der Waals surface area contributed by atoms with Crippen molar-refractivity contribution in [2.45, 2.75) is 0 Å². The molecule has 10 aromatic rings. The Balaban J connectivity index is 1.24. The van der Waals surface area contributed by atoms with Gasteiger partial charge in [-0.3, -0.25) is 0 Å². The molecule has 0 amide bonds. The Morgan fingerprint density at radius 2 is 0.824 bits per heavy atom. The van der Waals surface area contributed by atoms with Crippen LogP contribution in [0.15, 0.2) is 180 Å². The van der Waals surface area contributed by atoms with Crippen LogP contribution in [0.2, 0.25) is 0 Å². The molecule has 0 unspecified atom stereocenters. The summed E-state index contributed by atoms with van der Waals surface area (Å²) >= 11 is 0. The number of hydrogen-bond acceptors (Lipinski definition) is 4. The summed E-state index contributed by atoms with van der Waals surface area (Å²) in [4.78, 5) is 15.8. The Kier molecular flexibility index (Phi) is 6.78. The van der Waals surface area contributed by atoms with Crippen LogP contribution in [0.25, 0.3) is 99.9 Å². The Hall–Kier alpha value is -6.91. The molecule has 0 aliphatic rings. The van der Waals surface area contributed by atoms with E-state index in [2.05, 4.69) is 146 Å². The maximum atomic E-state index is 6.50. The van der Waals surface area contributed by atoms with Crippen molar-refractivity contribution >= 4 is 43.5 Å². The van der Waals surface area contributed by atoms with E-state index in [4.69, 9.17) is 19.4 Å². The number of hydrogen-bond donors (Lipinski definition) is 0. The van der Waals surface area contributed by atoms with Gasteiger partial charge >= 0.3 is 0 Å². The first-order valence-corrected chi connectivity index (χ1v) is 17.1. The maximum absolute atomic E-state index is 6.50. The summed E-state index contributed by atoms with van der Waals surface area (Å²) in [6.07, 6.45) is 0. The molecular formula is C47H29N3O. The molecule has 0 saturated carbocycles. The van der Waals surface area contributed by atoms with E-state index in [9.17, 15) is 0 Å². The van der Waals surface area contributed by atoms with Gasteiger partial charge in [-0.2, -0.15) is 0 Å². The van der Waals surface area contributed by atoms with Gasteiger partial charge in [0.15, 0.2) is 17.5 Å². The first-order valence-electron chi connectivity index (χ1n) is 17.1. The van der Waals surface area contributed by atoms with Gasteiger partial charge in [0.1, 0.15) is 11.2 Å². The monoisotopic (exact) mass is 651 g/mol. The third kappa shape index (κ3) is 4.96. The molecule has 0 aliphatic carbocycles. The van der Waals surface area contributed by atoms with Gasteiger partial charge < -0.3 is 4.42 Å². The van der Waals surface area contributed by atoms with Gasteiger partial charge in [0.25, 0.3) is 0 Å². The molecule has 4 nitrogen and oxygen atoms in total. The molecule has 4 heteroatoms. The molecule has 0 spiro atoms. The highest BCUT2D eigenvalue weighted by molar-refractivity contribution is 6.09. The van der Waals surface area contributed by atoms with Crippen molar-refractivity contribution in [3.63, 3.8) is 0 Å². The van der Waals surface area contributed by atoms with Gasteiger partial charge in [-0.05, 0) is 62.0 Å². The number of aromatic nitrogens is 3. The van der Waals surface area contributed by atoms with E-state index < -0.39 is 0 Å². The summed E-state index contributed by atoms with van der Waals surface area (Å²) < 4.78 is 6.50. The van der Waals surface area contributed by atoms with Gasteiger partial charge in [-0.1, -0.05) is 158 Å². The standard InChI is InChI=1S/C47H29N3O/c1-2-15-32-29-33(28-27-30(32)13-1)35-18-5-7-21-40(35)45-48-46(41-22-8-6-19-37(41)36-23-11-16-31-14-3-4-17-34(31)36)50-47(49-45)42-25-12-24-39-38-20-9-10-26-43(38)51-44(39)42/h1-29H. The number of nitrogens with zero attached hydrogens (tertiary/aromatic N) is 3. The normalized spacial score (nSPS) is 11.5. The smallest absolute Gasteiger partial charge is 0.167 e. The van der Waals surface area contributed by atoms with Gasteiger partial charge in [-0.15, -0.1) is 0 Å². The van der Waals surface area contributed by atoms with Gasteiger partial charge in [0, 0.05) is 21.9 Å². The highest BCUT2D eigenvalue weighted by atomic mass is 16.3. The molecule has 0 aliphatic heterocycles. The molecule has 51 heavy (non-hydrogen) atoms. The van der Waals surface area contributed by atoms with Crippen LogP contribution in [-0.2, 0) is 0 Å². The van der Waals surface area contributed by atoms with Crippen LogP contribution >= 0.6 is 0 Å². The minimum atomic E-state index is 0.556. The molecule has 238 valence electrons. The molecule has 0 saturated heterocycles. The lowest BCUT2D eigenvalue weighted by Crippen LogP contribution is -2.02. The number of benzene rings is 8. The molecule has 0 atom stereocenters. The second-order valence-electron chi connectivity index (χ2n) is 12.8. The molecule has 0 N–H and O–H groups in total. The summed E-state index contributed by atoms with van der Waals surface area (Å²) in [5.74, 6) is 1.75. The minimum absolute atomic E-state index is 0.556. The lowest BCUT2D eigenvalue weighted by atomic mass is 9.94. The summed E-state index contributed by atoms with van der Waals surface area (Å²) in [6.45, 7) is 0. The highest BCUT2D eigenvalue weighted by Crippen LogP contribution is 2.40. The van der Waals surface area contributed by atoms with E-state index in [1.54, 1.807) is 0 Å². The Morgan fingerprint density at radius 3 is 1.63 bits per heavy atom. The predicted molar refractivity (Wildman–Crippen MR) is 209 cm³/mol. The van der Waals surface area contributed by atoms with Crippen molar-refractivity contribution in [1.82, 2.24) is 15.0 Å². The molecular weight excluding hydrogens is 623 g/mol. The number of fused-ring (bicyclic) bond motifs is 5. The molecule has 10 rings (SSSR count). The predicted octanol–water partition coefficient (Wildman–Crippen LogP) is 12.4. The topological polar surface area (TPSA) is 51.8 Å². The van der Waals surface area contributed by atoms with Crippen LogP contribution < -0.4 is 0 Å². The zero-order valence-corrected chi connectivity index (χ0v) is 27.5. The van der Waals surface area contributed by atoms with Crippen LogP contribution in [0.4, 0.5) is 0 Å². The summed E-state index contributed by atoms with van der Waals surface area (Å²) in [5.41, 5.74) is 8.60. The van der Waals surface area contributed by atoms with Crippen molar-refractivity contribution in [3.8, 4) is 56.4 Å². The van der Waals surface area contributed by atoms with Gasteiger partial charge in [0.05, 0.1) is 5.56 Å². The summed E-state index contributed by atoms with van der Waals surface area (Å²) in [7, 11) is 0. The third-order valence-corrected chi connectivity index (χ3v) is 9.76. The highest BCUT2D eigenvalue weighted by Gasteiger charge is 2.21. The van der Waals surface area contributed by atoms with Crippen molar-refractivity contribution in [3.05, 3.63) is 176 Å². The summed E-state index contributed by atoms with van der Waals surface area (Å²) in [5, 5.41) is 6.83. The Bertz CT molecular complexity index is 2940. The summed E-state index contributed by atoms with van der Waals surface area (Å²) in [6, 6.07) is 61.0. The van der Waals surface area contributed by atoms with E-state index in [1.807, 2.05) is 30.3 Å². The first-order chi connectivity index (χ1) is 25.3. The van der Waals surface area contributed by atoms with Crippen LogP contribution in [0.1, 0.15) is 0 Å². The maximum Gasteiger partial charge on any atom is 0.167 e. The quantitative estimate of drug-likeness (QED) is 0.186. The van der Waals surface area contributed by atoms with Crippen molar-refractivity contribution < 1.29 is 4.42 Å². The zero-order chi connectivity index (χ0) is 33.7. The fraction of sp³-hybridized carbons (Fsp3) is 0. The lowest BCUT2D eigenvalue weighted by Gasteiger charge is -2.15. The fourth-order valence-corrected chi connectivity index (χ4v) is 7.32. The number of furan rings is 1. The SMILES string of the molecule is c1ccc(-c2nc(-c3ccccc3-c3cccc4ccccc34)nc(-c3cccc4c3oc3ccccc34)n2)c(-c2ccc3ccccc3c2)c1. The minimum Gasteiger partial charge on any atom is -0.455 e. The average Bonchev–Trinajstić information content (AvgIpc) is 3.59. The van der Waals surface area contributed by atoms with E-state index in [0.29, 0.717) is 17.5 Å². The first kappa shape index (κ1) is 29.0. The lowest BCUT2D eigenvalue weighted by molar-refractivity contribution is 0.669. The molecule has 0 radical (unpaired) electrons. The van der Waals surface area contributed by atoms with Crippen LogP contribution in [-0.4, -0.2) is 15.0 Å². The molecule has 0 bridgehead atoms. The van der Waals surface area contributed by atoms with E-state index in [0.717, 1.165) is 60.9 Å². The van der Waals surface area contributed by atoms with Crippen LogP contribution in [0, 0.1) is 0 Å². The van der Waals surface area contributed by atoms with Crippen molar-refractivity contribution in [2.24, 2.45) is 0 Å². The fourth-order valence-electron chi connectivity index (χ4n) is 7.32. The Morgan fingerprint density at radius 1 is 0.314 bits per heavy atom. The molecule has 8 aromatic carbocycles. The molecule has 0 fully saturated rings. The molecule has 2 aromatic heterocycles. The van der Waals surface area contributed by atoms with E-state index >= 15 is 0 Å². The van der Waals surface area contributed by atoms with Crippen LogP contribution in [0.5, 0.6) is 0 Å². The second kappa shape index (κ2) is 11.9. The average molecular weight is 652 g/mol. The van der Waals surface area contributed by atoms with Crippen molar-refractivity contribution in [1.29, 1.82) is 0 Å². The van der Waals surface area contributed by atoms with Crippen LogP contribution in [0.3, 0.4) is 0 Å².